The van der Waals surface area contributed by atoms with Crippen molar-refractivity contribution >= 4 is 23.0 Å². The number of para-hydroxylation sites is 1. The Morgan fingerprint density at radius 2 is 1.92 bits per heavy atom. The van der Waals surface area contributed by atoms with E-state index in [1.54, 1.807) is 20.8 Å². The molecule has 0 fully saturated rings. The molecule has 0 bridgehead atoms. The summed E-state index contributed by atoms with van der Waals surface area (Å²) >= 11 is 0. The number of alkyl carbamates (subject to hydrolysis) is 1. The highest BCUT2D eigenvalue weighted by Crippen LogP contribution is 2.26. The molecule has 136 valence electrons. The zero-order valence-electron chi connectivity index (χ0n) is 15.6. The van der Waals surface area contributed by atoms with Crippen molar-refractivity contribution in [2.24, 2.45) is 0 Å². The number of H-pyrrole nitrogens is 1. The van der Waals surface area contributed by atoms with Gasteiger partial charge in [-0.25, -0.2) is 9.59 Å². The van der Waals surface area contributed by atoms with Crippen LogP contribution in [0.15, 0.2) is 18.2 Å². The van der Waals surface area contributed by atoms with E-state index in [1.165, 1.54) is 7.11 Å². The quantitative estimate of drug-likeness (QED) is 0.832. The van der Waals surface area contributed by atoms with Gasteiger partial charge in [0.1, 0.15) is 11.6 Å². The molecule has 1 aromatic heterocycles. The molecule has 1 atom stereocenters. The molecule has 0 saturated carbocycles. The van der Waals surface area contributed by atoms with Gasteiger partial charge in [-0.15, -0.1) is 0 Å². The third kappa shape index (κ3) is 4.53. The van der Waals surface area contributed by atoms with E-state index < -0.39 is 23.7 Å². The number of hydrogen-bond donors (Lipinski definition) is 2. The van der Waals surface area contributed by atoms with Crippen LogP contribution in [0.2, 0.25) is 0 Å². The lowest BCUT2D eigenvalue weighted by Gasteiger charge is -2.22. The van der Waals surface area contributed by atoms with Gasteiger partial charge in [-0.05, 0) is 45.7 Å². The molecular weight excluding hydrogens is 320 g/mol. The number of benzene rings is 1. The molecule has 2 rings (SSSR count). The van der Waals surface area contributed by atoms with Crippen LogP contribution >= 0.6 is 0 Å². The highest BCUT2D eigenvalue weighted by Gasteiger charge is 2.27. The van der Waals surface area contributed by atoms with Crippen molar-refractivity contribution in [1.82, 2.24) is 10.3 Å². The molecule has 6 nitrogen and oxygen atoms in total. The molecule has 25 heavy (non-hydrogen) atoms. The molecule has 0 aliphatic carbocycles. The fraction of sp³-hybridized carbons (Fsp3) is 0.474. The number of amides is 1. The van der Waals surface area contributed by atoms with Gasteiger partial charge in [-0.3, -0.25) is 0 Å². The van der Waals surface area contributed by atoms with Crippen molar-refractivity contribution in [2.75, 3.05) is 7.11 Å². The maximum Gasteiger partial charge on any atom is 0.408 e. The van der Waals surface area contributed by atoms with Gasteiger partial charge in [0.2, 0.25) is 0 Å². The van der Waals surface area contributed by atoms with E-state index in [1.807, 2.05) is 32.0 Å². The third-order valence-electron chi connectivity index (χ3n) is 3.95. The first-order valence-corrected chi connectivity index (χ1v) is 8.26. The zero-order chi connectivity index (χ0) is 18.8. The summed E-state index contributed by atoms with van der Waals surface area (Å²) in [5.41, 5.74) is 3.46. The average Bonchev–Trinajstić information content (AvgIpc) is 2.82. The van der Waals surface area contributed by atoms with Crippen LogP contribution in [0.1, 0.15) is 37.6 Å². The second kappa shape index (κ2) is 7.17. The predicted octanol–water partition coefficient (Wildman–Crippen LogP) is 3.39. The highest BCUT2D eigenvalue weighted by atomic mass is 16.6. The largest absolute Gasteiger partial charge is 0.467 e. The van der Waals surface area contributed by atoms with E-state index in [-0.39, 0.29) is 0 Å². The molecule has 1 amide bonds. The molecule has 2 N–H and O–H groups in total. The molecular formula is C19H26N2O4. The van der Waals surface area contributed by atoms with Gasteiger partial charge < -0.3 is 19.8 Å². The van der Waals surface area contributed by atoms with E-state index in [0.717, 1.165) is 27.7 Å². The van der Waals surface area contributed by atoms with Gasteiger partial charge in [0.25, 0.3) is 0 Å². The Balaban J connectivity index is 2.29. The van der Waals surface area contributed by atoms with E-state index in [2.05, 4.69) is 10.3 Å². The van der Waals surface area contributed by atoms with Crippen molar-refractivity contribution < 1.29 is 19.1 Å². The van der Waals surface area contributed by atoms with E-state index in [9.17, 15) is 9.59 Å². The third-order valence-corrected chi connectivity index (χ3v) is 3.95. The standard InChI is InChI=1S/C19H26N2O4/c1-11-8-7-9-13-14(12(2)20-16(11)13)10-15(17(22)24-6)21-18(23)25-19(3,4)5/h7-9,15,20H,10H2,1-6H3,(H,21,23)/t15-/m0/s1. The normalized spacial score (nSPS) is 12.7. The molecule has 0 saturated heterocycles. The van der Waals surface area contributed by atoms with E-state index in [4.69, 9.17) is 9.47 Å². The number of aryl methyl sites for hydroxylation is 2. The molecule has 6 heteroatoms. The van der Waals surface area contributed by atoms with Gasteiger partial charge in [0, 0.05) is 23.0 Å². The van der Waals surface area contributed by atoms with Crippen molar-refractivity contribution in [3.8, 4) is 0 Å². The molecule has 0 spiro atoms. The Morgan fingerprint density at radius 3 is 2.52 bits per heavy atom. The van der Waals surface area contributed by atoms with E-state index in [0.29, 0.717) is 6.42 Å². The number of rotatable bonds is 4. The van der Waals surface area contributed by atoms with Crippen molar-refractivity contribution in [3.63, 3.8) is 0 Å². The number of carbonyl (C=O) groups excluding carboxylic acids is 2. The minimum Gasteiger partial charge on any atom is -0.467 e. The first kappa shape index (κ1) is 18.8. The number of methoxy groups -OCH3 is 1. The number of ether oxygens (including phenoxy) is 2. The molecule has 0 aliphatic heterocycles. The number of hydrogen-bond acceptors (Lipinski definition) is 4. The van der Waals surface area contributed by atoms with Crippen molar-refractivity contribution in [1.29, 1.82) is 0 Å². The molecule has 1 aromatic carbocycles. The summed E-state index contributed by atoms with van der Waals surface area (Å²) in [6.45, 7) is 9.29. The Kier molecular flexibility index (Phi) is 5.40. The summed E-state index contributed by atoms with van der Waals surface area (Å²) in [6, 6.07) is 5.18. The Morgan fingerprint density at radius 1 is 1.24 bits per heavy atom. The second-order valence-electron chi connectivity index (χ2n) is 7.15. The number of nitrogens with one attached hydrogen (secondary N) is 2. The predicted molar refractivity (Wildman–Crippen MR) is 96.7 cm³/mol. The summed E-state index contributed by atoms with van der Waals surface area (Å²) in [5, 5.41) is 3.66. The Bertz CT molecular complexity index is 787. The fourth-order valence-electron chi connectivity index (χ4n) is 2.80. The first-order chi connectivity index (χ1) is 11.6. The lowest BCUT2D eigenvalue weighted by Crippen LogP contribution is -2.45. The van der Waals surface area contributed by atoms with Gasteiger partial charge in [0.05, 0.1) is 7.11 Å². The van der Waals surface area contributed by atoms with Crippen LogP contribution in [0.5, 0.6) is 0 Å². The zero-order valence-corrected chi connectivity index (χ0v) is 15.6. The minimum atomic E-state index is -0.821. The summed E-state index contributed by atoms with van der Waals surface area (Å²) in [5.74, 6) is -0.507. The number of aromatic nitrogens is 1. The van der Waals surface area contributed by atoms with Crippen LogP contribution in [0, 0.1) is 13.8 Å². The molecule has 0 aliphatic rings. The number of esters is 1. The van der Waals surface area contributed by atoms with Gasteiger partial charge >= 0.3 is 12.1 Å². The number of aromatic amines is 1. The van der Waals surface area contributed by atoms with Crippen molar-refractivity contribution in [3.05, 3.63) is 35.0 Å². The molecule has 0 unspecified atom stereocenters. The van der Waals surface area contributed by atoms with Crippen LogP contribution in [0.4, 0.5) is 4.79 Å². The SMILES string of the molecule is COC(=O)[C@H](Cc1c(C)[nH]c2c(C)cccc12)NC(=O)OC(C)(C)C. The van der Waals surface area contributed by atoms with Gasteiger partial charge in [-0.1, -0.05) is 18.2 Å². The summed E-state index contributed by atoms with van der Waals surface area (Å²) in [6.07, 6.45) is -0.321. The maximum absolute atomic E-state index is 12.2. The van der Waals surface area contributed by atoms with Crippen LogP contribution in [0.3, 0.4) is 0 Å². The second-order valence-corrected chi connectivity index (χ2v) is 7.15. The van der Waals surface area contributed by atoms with Crippen molar-refractivity contribution in [2.45, 2.75) is 52.7 Å². The number of fused-ring (bicyclic) bond motifs is 1. The van der Waals surface area contributed by atoms with Gasteiger partial charge in [0.15, 0.2) is 0 Å². The minimum absolute atomic E-state index is 0.321. The molecule has 0 radical (unpaired) electrons. The van der Waals surface area contributed by atoms with E-state index >= 15 is 0 Å². The van der Waals surface area contributed by atoms with Crippen LogP contribution in [-0.4, -0.2) is 35.8 Å². The summed E-state index contributed by atoms with van der Waals surface area (Å²) < 4.78 is 10.1. The lowest BCUT2D eigenvalue weighted by atomic mass is 10.0. The number of carbonyl (C=O) groups is 2. The maximum atomic E-state index is 12.2. The monoisotopic (exact) mass is 346 g/mol. The lowest BCUT2D eigenvalue weighted by molar-refractivity contribution is -0.143. The van der Waals surface area contributed by atoms with Crippen LogP contribution in [-0.2, 0) is 20.7 Å². The fourth-order valence-corrected chi connectivity index (χ4v) is 2.80. The topological polar surface area (TPSA) is 80.4 Å². The smallest absolute Gasteiger partial charge is 0.408 e. The Labute approximate surface area is 147 Å². The summed E-state index contributed by atoms with van der Waals surface area (Å²) in [4.78, 5) is 27.6. The molecule has 2 aromatic rings. The van der Waals surface area contributed by atoms with Gasteiger partial charge in [-0.2, -0.15) is 0 Å². The van der Waals surface area contributed by atoms with Crippen LogP contribution < -0.4 is 5.32 Å². The molecule has 1 heterocycles. The highest BCUT2D eigenvalue weighted by molar-refractivity contribution is 5.89. The van der Waals surface area contributed by atoms with Crippen LogP contribution in [0.25, 0.3) is 10.9 Å². The Hall–Kier alpha value is -2.50. The summed E-state index contributed by atoms with van der Waals surface area (Å²) in [7, 11) is 1.30. The average molecular weight is 346 g/mol. The first-order valence-electron chi connectivity index (χ1n) is 8.26.